The van der Waals surface area contributed by atoms with Gasteiger partial charge < -0.3 is 5.32 Å². The summed E-state index contributed by atoms with van der Waals surface area (Å²) in [7, 11) is 1.98. The average molecular weight is 127 g/mol. The Balaban J connectivity index is 2.97. The molecule has 0 aliphatic rings. The maximum atomic E-state index is 3.92. The van der Waals surface area contributed by atoms with Gasteiger partial charge in [0.2, 0.25) is 0 Å². The van der Waals surface area contributed by atoms with E-state index in [1.807, 2.05) is 7.05 Å². The Kier molecular flexibility index (Phi) is 5.64. The van der Waals surface area contributed by atoms with Gasteiger partial charge in [0, 0.05) is 0 Å². The Morgan fingerprint density at radius 3 is 2.67 bits per heavy atom. The first kappa shape index (κ1) is 8.70. The Morgan fingerprint density at radius 1 is 1.56 bits per heavy atom. The standard InChI is InChI=1S/C8H17N/c1-4-8(2)6-5-7-9-3/h9H,2,4-7H2,1,3H3. The number of allylic oxidation sites excluding steroid dienone is 1. The highest BCUT2D eigenvalue weighted by Gasteiger charge is 1.88. The van der Waals surface area contributed by atoms with E-state index in [1.54, 1.807) is 0 Å². The predicted molar refractivity (Wildman–Crippen MR) is 42.6 cm³/mol. The molecule has 0 radical (unpaired) electrons. The molecule has 0 amide bonds. The second kappa shape index (κ2) is 5.83. The summed E-state index contributed by atoms with van der Waals surface area (Å²) in [4.78, 5) is 0. The van der Waals surface area contributed by atoms with Crippen LogP contribution in [0.25, 0.3) is 0 Å². The minimum atomic E-state index is 1.11. The fourth-order valence-corrected chi connectivity index (χ4v) is 0.692. The van der Waals surface area contributed by atoms with Gasteiger partial charge in [0.25, 0.3) is 0 Å². The molecule has 54 valence electrons. The zero-order valence-corrected chi connectivity index (χ0v) is 6.54. The van der Waals surface area contributed by atoms with E-state index in [-0.39, 0.29) is 0 Å². The summed E-state index contributed by atoms with van der Waals surface area (Å²) in [5.41, 5.74) is 1.37. The van der Waals surface area contributed by atoms with Gasteiger partial charge in [-0.1, -0.05) is 19.1 Å². The molecule has 1 nitrogen and oxygen atoms in total. The van der Waals surface area contributed by atoms with E-state index in [0.717, 1.165) is 13.0 Å². The molecule has 0 saturated heterocycles. The molecule has 0 rings (SSSR count). The molecule has 1 heteroatoms. The Bertz CT molecular complexity index is 76.6. The van der Waals surface area contributed by atoms with Crippen LogP contribution in [0, 0.1) is 0 Å². The highest BCUT2D eigenvalue weighted by atomic mass is 14.8. The van der Waals surface area contributed by atoms with E-state index >= 15 is 0 Å². The van der Waals surface area contributed by atoms with Crippen molar-refractivity contribution in [2.24, 2.45) is 0 Å². The van der Waals surface area contributed by atoms with Crippen LogP contribution in [0.4, 0.5) is 0 Å². The van der Waals surface area contributed by atoms with Crippen LogP contribution in [0.2, 0.25) is 0 Å². The second-order valence-corrected chi connectivity index (χ2v) is 2.31. The molecule has 0 aliphatic heterocycles. The molecule has 0 aromatic rings. The van der Waals surface area contributed by atoms with Crippen LogP contribution in [0.15, 0.2) is 12.2 Å². The van der Waals surface area contributed by atoms with Gasteiger partial charge in [0.15, 0.2) is 0 Å². The van der Waals surface area contributed by atoms with Crippen LogP contribution < -0.4 is 5.32 Å². The summed E-state index contributed by atoms with van der Waals surface area (Å²) < 4.78 is 0. The third-order valence-corrected chi connectivity index (χ3v) is 1.46. The molecule has 0 fully saturated rings. The number of hydrogen-bond donors (Lipinski definition) is 1. The van der Waals surface area contributed by atoms with Crippen LogP contribution in [0.1, 0.15) is 26.2 Å². The van der Waals surface area contributed by atoms with Crippen molar-refractivity contribution in [3.8, 4) is 0 Å². The summed E-state index contributed by atoms with van der Waals surface area (Å²) >= 11 is 0. The van der Waals surface area contributed by atoms with E-state index in [9.17, 15) is 0 Å². The molecule has 0 unspecified atom stereocenters. The highest BCUT2D eigenvalue weighted by molar-refractivity contribution is 4.91. The summed E-state index contributed by atoms with van der Waals surface area (Å²) in [6.45, 7) is 7.18. The summed E-state index contributed by atoms with van der Waals surface area (Å²) in [6.07, 6.45) is 3.53. The number of nitrogens with one attached hydrogen (secondary N) is 1. The topological polar surface area (TPSA) is 12.0 Å². The number of hydrogen-bond acceptors (Lipinski definition) is 1. The highest BCUT2D eigenvalue weighted by Crippen LogP contribution is 2.04. The lowest BCUT2D eigenvalue weighted by Crippen LogP contribution is -2.07. The lowest BCUT2D eigenvalue weighted by atomic mass is 10.1. The van der Waals surface area contributed by atoms with Crippen molar-refractivity contribution in [2.75, 3.05) is 13.6 Å². The van der Waals surface area contributed by atoms with Gasteiger partial charge in [-0.15, -0.1) is 0 Å². The monoisotopic (exact) mass is 127 g/mol. The smallest absolute Gasteiger partial charge is 0.00489 e. The summed E-state index contributed by atoms with van der Waals surface area (Å²) in [5.74, 6) is 0. The van der Waals surface area contributed by atoms with E-state index in [1.165, 1.54) is 18.4 Å². The molecule has 0 heterocycles. The lowest BCUT2D eigenvalue weighted by Gasteiger charge is -2.00. The maximum absolute atomic E-state index is 3.92. The SMILES string of the molecule is C=C(CC)CCCNC. The Labute approximate surface area is 58.2 Å². The van der Waals surface area contributed by atoms with E-state index in [4.69, 9.17) is 0 Å². The predicted octanol–water partition coefficient (Wildman–Crippen LogP) is 1.95. The summed E-state index contributed by atoms with van der Waals surface area (Å²) in [6, 6.07) is 0. The van der Waals surface area contributed by atoms with Crippen molar-refractivity contribution in [3.05, 3.63) is 12.2 Å². The first-order valence-electron chi connectivity index (χ1n) is 3.62. The average Bonchev–Trinajstić information content (AvgIpc) is 1.89. The van der Waals surface area contributed by atoms with Gasteiger partial charge in [-0.3, -0.25) is 0 Å². The minimum Gasteiger partial charge on any atom is -0.320 e. The van der Waals surface area contributed by atoms with Crippen LogP contribution in [0.5, 0.6) is 0 Å². The van der Waals surface area contributed by atoms with Crippen LogP contribution in [0.3, 0.4) is 0 Å². The fourth-order valence-electron chi connectivity index (χ4n) is 0.692. The van der Waals surface area contributed by atoms with Crippen molar-refractivity contribution in [1.82, 2.24) is 5.32 Å². The van der Waals surface area contributed by atoms with Gasteiger partial charge in [0.05, 0.1) is 0 Å². The minimum absolute atomic E-state index is 1.11. The van der Waals surface area contributed by atoms with Crippen molar-refractivity contribution in [1.29, 1.82) is 0 Å². The molecule has 0 atom stereocenters. The van der Waals surface area contributed by atoms with Crippen molar-refractivity contribution in [3.63, 3.8) is 0 Å². The van der Waals surface area contributed by atoms with Crippen LogP contribution in [-0.4, -0.2) is 13.6 Å². The van der Waals surface area contributed by atoms with Crippen molar-refractivity contribution < 1.29 is 0 Å². The molecule has 0 spiro atoms. The third-order valence-electron chi connectivity index (χ3n) is 1.46. The molecule has 1 N–H and O–H groups in total. The van der Waals surface area contributed by atoms with Gasteiger partial charge in [-0.05, 0) is 32.9 Å². The fraction of sp³-hybridized carbons (Fsp3) is 0.750. The molecule has 0 bridgehead atoms. The van der Waals surface area contributed by atoms with Gasteiger partial charge in [-0.2, -0.15) is 0 Å². The van der Waals surface area contributed by atoms with Crippen LogP contribution >= 0.6 is 0 Å². The first-order valence-corrected chi connectivity index (χ1v) is 3.62. The lowest BCUT2D eigenvalue weighted by molar-refractivity contribution is 0.712. The van der Waals surface area contributed by atoms with Gasteiger partial charge in [0.1, 0.15) is 0 Å². The first-order chi connectivity index (χ1) is 4.31. The molecule has 0 aromatic carbocycles. The zero-order valence-electron chi connectivity index (χ0n) is 6.54. The molecule has 9 heavy (non-hydrogen) atoms. The quantitative estimate of drug-likeness (QED) is 0.439. The van der Waals surface area contributed by atoms with Crippen molar-refractivity contribution in [2.45, 2.75) is 26.2 Å². The number of rotatable bonds is 5. The molecule has 0 aromatic heterocycles. The Morgan fingerprint density at radius 2 is 2.22 bits per heavy atom. The van der Waals surface area contributed by atoms with Gasteiger partial charge >= 0.3 is 0 Å². The molecular formula is C8H17N. The third kappa shape index (κ3) is 5.57. The molecular weight excluding hydrogens is 110 g/mol. The van der Waals surface area contributed by atoms with E-state index in [0.29, 0.717) is 0 Å². The molecule has 0 aliphatic carbocycles. The maximum Gasteiger partial charge on any atom is -0.00489 e. The summed E-state index contributed by atoms with van der Waals surface area (Å²) in [5, 5.41) is 3.11. The second-order valence-electron chi connectivity index (χ2n) is 2.31. The van der Waals surface area contributed by atoms with E-state index < -0.39 is 0 Å². The molecule has 0 saturated carbocycles. The van der Waals surface area contributed by atoms with E-state index in [2.05, 4.69) is 18.8 Å². The zero-order chi connectivity index (χ0) is 7.11. The largest absolute Gasteiger partial charge is 0.320 e. The normalized spacial score (nSPS) is 9.56. The van der Waals surface area contributed by atoms with Gasteiger partial charge in [-0.25, -0.2) is 0 Å². The van der Waals surface area contributed by atoms with Crippen molar-refractivity contribution >= 4 is 0 Å². The Hall–Kier alpha value is -0.300. The van der Waals surface area contributed by atoms with Crippen LogP contribution in [-0.2, 0) is 0 Å².